The SMILES string of the molecule is CCOC(=O)[C@@H]1C2c3cc(Oc4ccnc5c4CCC(=O)N5)ccc3O[C@H]21. The van der Waals surface area contributed by atoms with E-state index < -0.39 is 0 Å². The Hall–Kier alpha value is -3.09. The van der Waals surface area contributed by atoms with E-state index >= 15 is 0 Å². The summed E-state index contributed by atoms with van der Waals surface area (Å²) in [6.07, 6.45) is 2.49. The average Bonchev–Trinajstić information content (AvgIpc) is 3.25. The van der Waals surface area contributed by atoms with Gasteiger partial charge < -0.3 is 19.5 Å². The number of esters is 1. The summed E-state index contributed by atoms with van der Waals surface area (Å²) in [6, 6.07) is 7.43. The molecule has 3 heterocycles. The van der Waals surface area contributed by atoms with Crippen molar-refractivity contribution in [2.24, 2.45) is 5.92 Å². The minimum atomic E-state index is -0.225. The van der Waals surface area contributed by atoms with E-state index in [1.807, 2.05) is 18.2 Å². The Morgan fingerprint density at radius 3 is 3.07 bits per heavy atom. The van der Waals surface area contributed by atoms with Crippen molar-refractivity contribution < 1.29 is 23.8 Å². The molecule has 1 aliphatic carbocycles. The van der Waals surface area contributed by atoms with E-state index in [1.54, 1.807) is 19.2 Å². The molecular weight excluding hydrogens is 348 g/mol. The van der Waals surface area contributed by atoms with Gasteiger partial charge in [-0.1, -0.05) is 0 Å². The van der Waals surface area contributed by atoms with Crippen LogP contribution in [0.25, 0.3) is 0 Å². The van der Waals surface area contributed by atoms with Gasteiger partial charge in [-0.05, 0) is 37.6 Å². The van der Waals surface area contributed by atoms with Gasteiger partial charge in [0.05, 0.1) is 6.61 Å². The summed E-state index contributed by atoms with van der Waals surface area (Å²) in [5.41, 5.74) is 1.87. The molecule has 1 unspecified atom stereocenters. The number of benzene rings is 1. The number of nitrogens with zero attached hydrogens (tertiary/aromatic N) is 1. The third-order valence-electron chi connectivity index (χ3n) is 5.22. The number of nitrogens with one attached hydrogen (secondary N) is 1. The van der Waals surface area contributed by atoms with Gasteiger partial charge in [0, 0.05) is 29.7 Å². The van der Waals surface area contributed by atoms with E-state index in [-0.39, 0.29) is 29.8 Å². The first kappa shape index (κ1) is 16.1. The van der Waals surface area contributed by atoms with Crippen molar-refractivity contribution in [1.29, 1.82) is 0 Å². The zero-order chi connectivity index (χ0) is 18.5. The van der Waals surface area contributed by atoms with E-state index in [0.717, 1.165) is 16.9 Å². The van der Waals surface area contributed by atoms with Gasteiger partial charge in [-0.25, -0.2) is 4.98 Å². The number of anilines is 1. The highest BCUT2D eigenvalue weighted by Crippen LogP contribution is 2.59. The number of carbonyl (C=O) groups is 2. The zero-order valence-corrected chi connectivity index (χ0v) is 14.7. The van der Waals surface area contributed by atoms with Crippen LogP contribution in [-0.2, 0) is 20.7 Å². The summed E-state index contributed by atoms with van der Waals surface area (Å²) in [7, 11) is 0. The van der Waals surface area contributed by atoms with Gasteiger partial charge in [-0.3, -0.25) is 9.59 Å². The van der Waals surface area contributed by atoms with Crippen LogP contribution >= 0.6 is 0 Å². The van der Waals surface area contributed by atoms with Crippen molar-refractivity contribution in [3.05, 3.63) is 41.6 Å². The summed E-state index contributed by atoms with van der Waals surface area (Å²) < 4.78 is 17.1. The molecule has 5 rings (SSSR count). The van der Waals surface area contributed by atoms with Crippen molar-refractivity contribution in [3.63, 3.8) is 0 Å². The molecule has 1 N–H and O–H groups in total. The Bertz CT molecular complexity index is 957. The second-order valence-electron chi connectivity index (χ2n) is 6.87. The maximum atomic E-state index is 12.0. The molecular formula is C20H18N2O5. The molecule has 138 valence electrons. The third-order valence-corrected chi connectivity index (χ3v) is 5.22. The Morgan fingerprint density at radius 1 is 1.33 bits per heavy atom. The maximum Gasteiger partial charge on any atom is 0.313 e. The normalized spacial score (nSPS) is 24.0. The molecule has 1 fully saturated rings. The standard InChI is InChI=1S/C20H18N2O5/c1-2-25-20(24)17-16-12-9-10(3-5-13(12)27-18(16)17)26-14-7-8-21-19-11(14)4-6-15(23)22-19/h3,5,7-9,16-18H,2,4,6H2,1H3,(H,21,22,23)/t16?,17-,18-/m1/s1. The monoisotopic (exact) mass is 366 g/mol. The van der Waals surface area contributed by atoms with Gasteiger partial charge in [-0.2, -0.15) is 0 Å². The lowest BCUT2D eigenvalue weighted by atomic mass is 10.1. The average molecular weight is 366 g/mol. The number of ether oxygens (including phenoxy) is 3. The van der Waals surface area contributed by atoms with E-state index in [4.69, 9.17) is 14.2 Å². The largest absolute Gasteiger partial charge is 0.489 e. The molecule has 1 saturated carbocycles. The van der Waals surface area contributed by atoms with Crippen molar-refractivity contribution >= 4 is 17.7 Å². The molecule has 1 aromatic carbocycles. The minimum absolute atomic E-state index is 0.0354. The summed E-state index contributed by atoms with van der Waals surface area (Å²) in [4.78, 5) is 27.8. The van der Waals surface area contributed by atoms with Crippen LogP contribution in [0.5, 0.6) is 17.2 Å². The van der Waals surface area contributed by atoms with Crippen LogP contribution in [0.4, 0.5) is 5.82 Å². The van der Waals surface area contributed by atoms with Crippen molar-refractivity contribution in [1.82, 2.24) is 4.98 Å². The van der Waals surface area contributed by atoms with Gasteiger partial charge in [0.25, 0.3) is 0 Å². The molecule has 0 saturated heterocycles. The molecule has 7 heteroatoms. The molecule has 3 atom stereocenters. The van der Waals surface area contributed by atoms with Crippen LogP contribution in [0.2, 0.25) is 0 Å². The highest BCUT2D eigenvalue weighted by atomic mass is 16.5. The number of hydrogen-bond donors (Lipinski definition) is 1. The van der Waals surface area contributed by atoms with Gasteiger partial charge in [0.1, 0.15) is 35.1 Å². The smallest absolute Gasteiger partial charge is 0.313 e. The van der Waals surface area contributed by atoms with Gasteiger partial charge in [0.2, 0.25) is 5.91 Å². The Morgan fingerprint density at radius 2 is 2.22 bits per heavy atom. The van der Waals surface area contributed by atoms with Crippen molar-refractivity contribution in [2.45, 2.75) is 31.8 Å². The number of amides is 1. The Kier molecular flexibility index (Phi) is 3.56. The molecule has 7 nitrogen and oxygen atoms in total. The van der Waals surface area contributed by atoms with Gasteiger partial charge >= 0.3 is 5.97 Å². The fourth-order valence-corrected chi connectivity index (χ4v) is 3.90. The quantitative estimate of drug-likeness (QED) is 0.838. The molecule has 1 amide bonds. The lowest BCUT2D eigenvalue weighted by molar-refractivity contribution is -0.145. The van der Waals surface area contributed by atoms with E-state index in [2.05, 4.69) is 10.3 Å². The third kappa shape index (κ3) is 2.61. The number of fused-ring (bicyclic) bond motifs is 4. The lowest BCUT2D eigenvalue weighted by Gasteiger charge is -2.19. The van der Waals surface area contributed by atoms with E-state index in [1.165, 1.54) is 0 Å². The second-order valence-corrected chi connectivity index (χ2v) is 6.87. The molecule has 3 aliphatic rings. The zero-order valence-electron chi connectivity index (χ0n) is 14.7. The molecule has 0 spiro atoms. The molecule has 2 aromatic rings. The van der Waals surface area contributed by atoms with Crippen LogP contribution in [-0.4, -0.2) is 29.6 Å². The molecule has 1 aromatic heterocycles. The number of carbonyl (C=O) groups excluding carboxylic acids is 2. The van der Waals surface area contributed by atoms with Gasteiger partial charge in [0.15, 0.2) is 0 Å². The van der Waals surface area contributed by atoms with Crippen LogP contribution in [0, 0.1) is 5.92 Å². The number of hydrogen-bond acceptors (Lipinski definition) is 6. The van der Waals surface area contributed by atoms with Crippen molar-refractivity contribution in [2.75, 3.05) is 11.9 Å². The predicted molar refractivity (Wildman–Crippen MR) is 95.0 cm³/mol. The summed E-state index contributed by atoms with van der Waals surface area (Å²) in [6.45, 7) is 2.17. The van der Waals surface area contributed by atoms with Gasteiger partial charge in [-0.15, -0.1) is 0 Å². The van der Waals surface area contributed by atoms with Crippen molar-refractivity contribution in [3.8, 4) is 17.2 Å². The highest BCUT2D eigenvalue weighted by molar-refractivity contribution is 5.93. The maximum absolute atomic E-state index is 12.0. The first-order valence-corrected chi connectivity index (χ1v) is 9.08. The Labute approximate surface area is 155 Å². The fourth-order valence-electron chi connectivity index (χ4n) is 3.90. The second kappa shape index (κ2) is 5.97. The molecule has 27 heavy (non-hydrogen) atoms. The first-order chi connectivity index (χ1) is 13.2. The van der Waals surface area contributed by atoms with Crippen LogP contribution < -0.4 is 14.8 Å². The molecule has 0 radical (unpaired) electrons. The minimum Gasteiger partial charge on any atom is -0.489 e. The molecule has 0 bridgehead atoms. The Balaban J connectivity index is 1.39. The van der Waals surface area contributed by atoms with E-state index in [9.17, 15) is 9.59 Å². The summed E-state index contributed by atoms with van der Waals surface area (Å²) >= 11 is 0. The topological polar surface area (TPSA) is 86.8 Å². The molecule has 2 aliphatic heterocycles. The number of rotatable bonds is 4. The fraction of sp³-hybridized carbons (Fsp3) is 0.350. The summed E-state index contributed by atoms with van der Waals surface area (Å²) in [5, 5.41) is 2.77. The predicted octanol–water partition coefficient (Wildman–Crippen LogP) is 2.80. The van der Waals surface area contributed by atoms with Crippen LogP contribution in [0.15, 0.2) is 30.5 Å². The number of pyridine rings is 1. The summed E-state index contributed by atoms with van der Waals surface area (Å²) in [5.74, 6) is 2.26. The van der Waals surface area contributed by atoms with Crippen LogP contribution in [0.1, 0.15) is 30.4 Å². The lowest BCUT2D eigenvalue weighted by Crippen LogP contribution is -2.20. The van der Waals surface area contributed by atoms with Crippen LogP contribution in [0.3, 0.4) is 0 Å². The van der Waals surface area contributed by atoms with E-state index in [0.29, 0.717) is 36.8 Å². The first-order valence-electron chi connectivity index (χ1n) is 9.08. The highest BCUT2D eigenvalue weighted by Gasteiger charge is 2.63. The number of aromatic nitrogens is 1.